The van der Waals surface area contributed by atoms with Gasteiger partial charge in [0.05, 0.1) is 11.1 Å². The molecule has 2 heterocycles. The fourth-order valence-electron chi connectivity index (χ4n) is 3.98. The Morgan fingerprint density at radius 1 is 1.10 bits per heavy atom. The standard InChI is InChI=1S/C25H19Cl2NO3/c1-15-9-21-19(13-28(14-30-21)12-16-5-3-2-4-6-16)25-23(15)24(29)22(31-25)10-17-7-8-18(26)11-20(17)27/h2-11H,12-14H2,1H3/b22-10-. The van der Waals surface area contributed by atoms with Crippen LogP contribution in [0.3, 0.4) is 0 Å². The quantitative estimate of drug-likeness (QED) is 0.439. The number of nitrogens with zero attached hydrogens (tertiary/aromatic N) is 1. The topological polar surface area (TPSA) is 38.8 Å². The van der Waals surface area contributed by atoms with Gasteiger partial charge in [-0.2, -0.15) is 0 Å². The molecule has 2 aliphatic rings. The highest BCUT2D eigenvalue weighted by Crippen LogP contribution is 2.44. The molecule has 0 spiro atoms. The fourth-order valence-corrected chi connectivity index (χ4v) is 4.44. The number of fused-ring (bicyclic) bond motifs is 3. The molecule has 0 unspecified atom stereocenters. The summed E-state index contributed by atoms with van der Waals surface area (Å²) in [7, 11) is 0. The average Bonchev–Trinajstić information content (AvgIpc) is 3.08. The summed E-state index contributed by atoms with van der Waals surface area (Å²) in [6.45, 7) is 3.77. The van der Waals surface area contributed by atoms with E-state index in [1.165, 1.54) is 5.56 Å². The average molecular weight is 452 g/mol. The number of ketones is 1. The Balaban J connectivity index is 1.48. The van der Waals surface area contributed by atoms with Crippen molar-refractivity contribution in [2.45, 2.75) is 20.0 Å². The molecule has 0 radical (unpaired) electrons. The van der Waals surface area contributed by atoms with E-state index >= 15 is 0 Å². The minimum absolute atomic E-state index is 0.151. The molecule has 156 valence electrons. The molecule has 0 bridgehead atoms. The highest BCUT2D eigenvalue weighted by atomic mass is 35.5. The number of halogens is 2. The van der Waals surface area contributed by atoms with Gasteiger partial charge in [-0.3, -0.25) is 9.69 Å². The maximum absolute atomic E-state index is 13.1. The van der Waals surface area contributed by atoms with Crippen LogP contribution in [0.2, 0.25) is 10.0 Å². The number of aryl methyl sites for hydroxylation is 1. The lowest BCUT2D eigenvalue weighted by Gasteiger charge is -2.30. The van der Waals surface area contributed by atoms with E-state index in [0.717, 1.165) is 23.4 Å². The van der Waals surface area contributed by atoms with E-state index in [1.54, 1.807) is 24.3 Å². The Bertz CT molecular complexity index is 1220. The molecule has 0 saturated carbocycles. The highest BCUT2D eigenvalue weighted by molar-refractivity contribution is 6.35. The third-order valence-electron chi connectivity index (χ3n) is 5.49. The number of hydrogen-bond donors (Lipinski definition) is 0. The van der Waals surface area contributed by atoms with Crippen LogP contribution in [0, 0.1) is 6.92 Å². The molecule has 3 aromatic rings. The van der Waals surface area contributed by atoms with Gasteiger partial charge in [0.25, 0.3) is 0 Å². The zero-order valence-corrected chi connectivity index (χ0v) is 18.3. The largest absolute Gasteiger partial charge is 0.478 e. The molecule has 31 heavy (non-hydrogen) atoms. The molecule has 3 aromatic carbocycles. The lowest BCUT2D eigenvalue weighted by atomic mass is 9.98. The Labute approximate surface area is 190 Å². The number of ether oxygens (including phenoxy) is 2. The summed E-state index contributed by atoms with van der Waals surface area (Å²) in [6.07, 6.45) is 1.66. The Hall–Kier alpha value is -2.79. The molecule has 0 amide bonds. The van der Waals surface area contributed by atoms with Crippen molar-refractivity contribution in [1.82, 2.24) is 4.90 Å². The van der Waals surface area contributed by atoms with Crippen LogP contribution in [0.1, 0.15) is 32.6 Å². The number of Topliss-reactive ketones (excluding diaryl/α,β-unsaturated/α-hetero) is 1. The molecule has 0 atom stereocenters. The summed E-state index contributed by atoms with van der Waals surface area (Å²) in [4.78, 5) is 15.3. The van der Waals surface area contributed by atoms with Gasteiger partial charge >= 0.3 is 0 Å². The van der Waals surface area contributed by atoms with Gasteiger partial charge in [0.15, 0.2) is 5.76 Å². The molecule has 0 aromatic heterocycles. The van der Waals surface area contributed by atoms with Crippen molar-refractivity contribution in [3.8, 4) is 11.5 Å². The summed E-state index contributed by atoms with van der Waals surface area (Å²) in [5.74, 6) is 1.44. The summed E-state index contributed by atoms with van der Waals surface area (Å²) < 4.78 is 12.1. The number of rotatable bonds is 3. The minimum atomic E-state index is -0.151. The smallest absolute Gasteiger partial charge is 0.232 e. The Kier molecular flexibility index (Phi) is 5.22. The lowest BCUT2D eigenvalue weighted by Crippen LogP contribution is -2.31. The minimum Gasteiger partial charge on any atom is -0.478 e. The number of benzene rings is 3. The first kappa shape index (κ1) is 20.1. The third-order valence-corrected chi connectivity index (χ3v) is 6.05. The maximum Gasteiger partial charge on any atom is 0.232 e. The molecule has 5 rings (SSSR count). The Morgan fingerprint density at radius 2 is 1.90 bits per heavy atom. The van der Waals surface area contributed by atoms with Crippen molar-refractivity contribution in [1.29, 1.82) is 0 Å². The second kappa shape index (κ2) is 8.04. The van der Waals surface area contributed by atoms with Crippen molar-refractivity contribution < 1.29 is 14.3 Å². The van der Waals surface area contributed by atoms with E-state index in [-0.39, 0.29) is 11.5 Å². The van der Waals surface area contributed by atoms with Gasteiger partial charge in [-0.05, 0) is 47.9 Å². The van der Waals surface area contributed by atoms with Crippen LogP contribution in [0.15, 0.2) is 60.4 Å². The molecule has 4 nitrogen and oxygen atoms in total. The van der Waals surface area contributed by atoms with Crippen molar-refractivity contribution in [2.75, 3.05) is 6.73 Å². The van der Waals surface area contributed by atoms with Gasteiger partial charge in [0, 0.05) is 23.1 Å². The van der Waals surface area contributed by atoms with E-state index < -0.39 is 0 Å². The van der Waals surface area contributed by atoms with E-state index in [1.807, 2.05) is 31.2 Å². The van der Waals surface area contributed by atoms with Crippen LogP contribution in [0.25, 0.3) is 6.08 Å². The molecule has 6 heteroatoms. The van der Waals surface area contributed by atoms with Gasteiger partial charge in [0.1, 0.15) is 18.2 Å². The van der Waals surface area contributed by atoms with Crippen molar-refractivity contribution in [3.05, 3.63) is 98.2 Å². The monoisotopic (exact) mass is 451 g/mol. The normalized spacial score (nSPS) is 16.6. The maximum atomic E-state index is 13.1. The van der Waals surface area contributed by atoms with Crippen molar-refractivity contribution >= 4 is 35.1 Å². The molecule has 0 saturated heterocycles. The summed E-state index contributed by atoms with van der Waals surface area (Å²) >= 11 is 12.3. The molecule has 0 N–H and O–H groups in total. The van der Waals surface area contributed by atoms with Gasteiger partial charge in [-0.25, -0.2) is 0 Å². The van der Waals surface area contributed by atoms with Crippen LogP contribution >= 0.6 is 23.2 Å². The zero-order chi connectivity index (χ0) is 21.5. The van der Waals surface area contributed by atoms with Gasteiger partial charge in [0.2, 0.25) is 5.78 Å². The predicted octanol–water partition coefficient (Wildman–Crippen LogP) is 6.27. The van der Waals surface area contributed by atoms with Crippen LogP contribution in [-0.2, 0) is 13.1 Å². The van der Waals surface area contributed by atoms with Crippen LogP contribution in [0.4, 0.5) is 0 Å². The third kappa shape index (κ3) is 3.83. The molecule has 0 aliphatic carbocycles. The molecule has 2 aliphatic heterocycles. The lowest BCUT2D eigenvalue weighted by molar-refractivity contribution is 0.0872. The molecular formula is C25H19Cl2NO3. The van der Waals surface area contributed by atoms with E-state index in [9.17, 15) is 4.79 Å². The number of carbonyl (C=O) groups excluding carboxylic acids is 1. The number of allylic oxidation sites excluding steroid dienone is 1. The first-order valence-electron chi connectivity index (χ1n) is 9.94. The van der Waals surface area contributed by atoms with Crippen molar-refractivity contribution in [2.24, 2.45) is 0 Å². The zero-order valence-electron chi connectivity index (χ0n) is 16.8. The summed E-state index contributed by atoms with van der Waals surface area (Å²) in [5.41, 5.74) is 4.19. The van der Waals surface area contributed by atoms with Gasteiger partial charge < -0.3 is 9.47 Å². The summed E-state index contributed by atoms with van der Waals surface area (Å²) in [5, 5.41) is 0.998. The van der Waals surface area contributed by atoms with Crippen LogP contribution < -0.4 is 9.47 Å². The molecule has 0 fully saturated rings. The predicted molar refractivity (Wildman–Crippen MR) is 122 cm³/mol. The first-order valence-corrected chi connectivity index (χ1v) is 10.7. The SMILES string of the molecule is Cc1cc2c(c3c1C(=O)/C(=C/c1ccc(Cl)cc1Cl)O3)CN(Cc1ccccc1)CO2. The second-order valence-electron chi connectivity index (χ2n) is 7.73. The van der Waals surface area contributed by atoms with Crippen LogP contribution in [-0.4, -0.2) is 17.4 Å². The van der Waals surface area contributed by atoms with Crippen LogP contribution in [0.5, 0.6) is 11.5 Å². The first-order chi connectivity index (χ1) is 15.0. The van der Waals surface area contributed by atoms with Crippen molar-refractivity contribution in [3.63, 3.8) is 0 Å². The van der Waals surface area contributed by atoms with E-state index in [2.05, 4.69) is 17.0 Å². The van der Waals surface area contributed by atoms with E-state index in [0.29, 0.717) is 40.2 Å². The van der Waals surface area contributed by atoms with Gasteiger partial charge in [-0.1, -0.05) is 59.6 Å². The molecular weight excluding hydrogens is 433 g/mol. The Morgan fingerprint density at radius 3 is 2.68 bits per heavy atom. The van der Waals surface area contributed by atoms with E-state index in [4.69, 9.17) is 32.7 Å². The number of hydrogen-bond acceptors (Lipinski definition) is 4. The van der Waals surface area contributed by atoms with Gasteiger partial charge in [-0.15, -0.1) is 0 Å². The fraction of sp³-hybridized carbons (Fsp3) is 0.160. The number of carbonyl (C=O) groups is 1. The summed E-state index contributed by atoms with van der Waals surface area (Å²) in [6, 6.07) is 17.3. The second-order valence-corrected chi connectivity index (χ2v) is 8.57. The highest BCUT2D eigenvalue weighted by Gasteiger charge is 2.35.